The first-order valence-electron chi connectivity index (χ1n) is 6.34. The Kier molecular flexibility index (Phi) is 4.54. The van der Waals surface area contributed by atoms with Gasteiger partial charge in [0.1, 0.15) is 5.60 Å². The lowest BCUT2D eigenvalue weighted by Gasteiger charge is -2.23. The Balaban J connectivity index is 2.31. The molecule has 1 aliphatic rings. The molecule has 1 atom stereocenters. The molecule has 0 radical (unpaired) electrons. The smallest absolute Gasteiger partial charge is 0.261 e. The van der Waals surface area contributed by atoms with Gasteiger partial charge in [-0.15, -0.1) is 0 Å². The van der Waals surface area contributed by atoms with E-state index in [2.05, 4.69) is 5.32 Å². The number of aryl methyl sites for hydroxylation is 1. The lowest BCUT2D eigenvalue weighted by molar-refractivity contribution is -0.133. The van der Waals surface area contributed by atoms with E-state index in [9.17, 15) is 13.2 Å². The molecule has 1 heterocycles. The van der Waals surface area contributed by atoms with Crippen molar-refractivity contribution >= 4 is 42.9 Å². The molecule has 0 saturated carbocycles. The summed E-state index contributed by atoms with van der Waals surface area (Å²) in [5.74, 6) is -0.300. The zero-order chi connectivity index (χ0) is 15.8. The van der Waals surface area contributed by atoms with Crippen LogP contribution >= 0.6 is 22.3 Å². The summed E-state index contributed by atoms with van der Waals surface area (Å²) in [6, 6.07) is 2.58. The number of hydrogen-bond acceptors (Lipinski definition) is 4. The molecule has 0 aliphatic carbocycles. The number of hydrogen-bond donors (Lipinski definition) is 1. The average Bonchev–Trinajstić information content (AvgIpc) is 2.80. The van der Waals surface area contributed by atoms with Crippen molar-refractivity contribution < 1.29 is 17.9 Å². The van der Waals surface area contributed by atoms with Crippen LogP contribution in [0.4, 0.5) is 5.69 Å². The van der Waals surface area contributed by atoms with Gasteiger partial charge >= 0.3 is 0 Å². The van der Waals surface area contributed by atoms with Crippen molar-refractivity contribution in [2.75, 3.05) is 11.9 Å². The van der Waals surface area contributed by atoms with Gasteiger partial charge in [-0.05, 0) is 44.4 Å². The largest absolute Gasteiger partial charge is 0.365 e. The lowest BCUT2D eigenvalue weighted by atomic mass is 10.0. The van der Waals surface area contributed by atoms with Crippen molar-refractivity contribution in [2.24, 2.45) is 0 Å². The summed E-state index contributed by atoms with van der Waals surface area (Å²) in [6.07, 6.45) is 1.45. The Labute approximate surface area is 133 Å². The molecule has 21 heavy (non-hydrogen) atoms. The third-order valence-electron chi connectivity index (χ3n) is 3.48. The highest BCUT2D eigenvalue weighted by atomic mass is 35.7. The SMILES string of the molecule is Cc1cc(S(=O)(=O)Cl)cc(Cl)c1NC(=O)C1(C)CCCO1. The van der Waals surface area contributed by atoms with Crippen LogP contribution in [-0.4, -0.2) is 26.5 Å². The van der Waals surface area contributed by atoms with E-state index in [4.69, 9.17) is 27.0 Å². The summed E-state index contributed by atoms with van der Waals surface area (Å²) in [5, 5.41) is 2.82. The molecule has 0 aromatic heterocycles. The molecule has 0 spiro atoms. The highest BCUT2D eigenvalue weighted by Gasteiger charge is 2.38. The normalized spacial score (nSPS) is 22.3. The topological polar surface area (TPSA) is 72.5 Å². The third kappa shape index (κ3) is 3.51. The van der Waals surface area contributed by atoms with Gasteiger partial charge in [-0.1, -0.05) is 11.6 Å². The Hall–Kier alpha value is -0.820. The highest BCUT2D eigenvalue weighted by molar-refractivity contribution is 8.13. The third-order valence-corrected chi connectivity index (χ3v) is 5.11. The first kappa shape index (κ1) is 16.5. The van der Waals surface area contributed by atoms with Crippen molar-refractivity contribution in [3.05, 3.63) is 22.7 Å². The van der Waals surface area contributed by atoms with E-state index in [1.165, 1.54) is 12.1 Å². The van der Waals surface area contributed by atoms with Gasteiger partial charge in [-0.3, -0.25) is 4.79 Å². The second-order valence-corrected chi connectivity index (χ2v) is 8.14. The molecule has 116 valence electrons. The van der Waals surface area contributed by atoms with Gasteiger partial charge in [0.25, 0.3) is 15.0 Å². The van der Waals surface area contributed by atoms with E-state index in [0.29, 0.717) is 24.3 Å². The number of carbonyl (C=O) groups is 1. The Bertz CT molecular complexity index is 658. The van der Waals surface area contributed by atoms with Crippen LogP contribution in [0.5, 0.6) is 0 Å². The van der Waals surface area contributed by atoms with Crippen LogP contribution in [0, 0.1) is 6.92 Å². The number of carbonyl (C=O) groups excluding carboxylic acids is 1. The van der Waals surface area contributed by atoms with Crippen LogP contribution in [-0.2, 0) is 18.6 Å². The number of anilines is 1. The van der Waals surface area contributed by atoms with Crippen LogP contribution in [0.15, 0.2) is 17.0 Å². The summed E-state index contributed by atoms with van der Waals surface area (Å²) in [6.45, 7) is 3.90. The van der Waals surface area contributed by atoms with Crippen molar-refractivity contribution in [3.63, 3.8) is 0 Å². The fourth-order valence-corrected chi connectivity index (χ4v) is 3.44. The second-order valence-electron chi connectivity index (χ2n) is 5.17. The van der Waals surface area contributed by atoms with Gasteiger partial charge in [0, 0.05) is 17.3 Å². The summed E-state index contributed by atoms with van der Waals surface area (Å²) in [7, 11) is 1.42. The first-order chi connectivity index (χ1) is 9.63. The maximum Gasteiger partial charge on any atom is 0.261 e. The maximum absolute atomic E-state index is 12.3. The Morgan fingerprint density at radius 2 is 2.10 bits per heavy atom. The molecular weight excluding hydrogens is 337 g/mol. The second kappa shape index (κ2) is 5.76. The van der Waals surface area contributed by atoms with Gasteiger partial charge in [-0.2, -0.15) is 0 Å². The number of rotatable bonds is 3. The molecule has 2 rings (SSSR count). The van der Waals surface area contributed by atoms with Gasteiger partial charge in [-0.25, -0.2) is 8.42 Å². The molecule has 1 N–H and O–H groups in total. The summed E-state index contributed by atoms with van der Waals surface area (Å²) in [5.41, 5.74) is -0.00775. The number of ether oxygens (including phenoxy) is 1. The molecule has 1 saturated heterocycles. The van der Waals surface area contributed by atoms with Gasteiger partial charge in [0.05, 0.1) is 15.6 Å². The van der Waals surface area contributed by atoms with E-state index in [1.807, 2.05) is 0 Å². The quantitative estimate of drug-likeness (QED) is 0.849. The summed E-state index contributed by atoms with van der Waals surface area (Å²) < 4.78 is 28.1. The zero-order valence-corrected chi connectivity index (χ0v) is 13.9. The lowest BCUT2D eigenvalue weighted by Crippen LogP contribution is -2.39. The van der Waals surface area contributed by atoms with Crippen LogP contribution in [0.2, 0.25) is 5.02 Å². The van der Waals surface area contributed by atoms with Gasteiger partial charge < -0.3 is 10.1 Å². The predicted molar refractivity (Wildman–Crippen MR) is 81.4 cm³/mol. The van der Waals surface area contributed by atoms with Crippen molar-refractivity contribution in [3.8, 4) is 0 Å². The van der Waals surface area contributed by atoms with Crippen molar-refractivity contribution in [2.45, 2.75) is 37.2 Å². The zero-order valence-electron chi connectivity index (χ0n) is 11.6. The minimum absolute atomic E-state index is 0.104. The van der Waals surface area contributed by atoms with Crippen LogP contribution in [0.1, 0.15) is 25.3 Å². The van der Waals surface area contributed by atoms with Gasteiger partial charge in [0.2, 0.25) is 0 Å². The molecular formula is C13H15Cl2NO4S. The number of benzene rings is 1. The summed E-state index contributed by atoms with van der Waals surface area (Å²) in [4.78, 5) is 12.2. The molecule has 1 aliphatic heterocycles. The average molecular weight is 352 g/mol. The standard InChI is InChI=1S/C13H15Cl2NO4S/c1-8-6-9(21(15,18)19)7-10(14)11(8)16-12(17)13(2)4-3-5-20-13/h6-7H,3-5H2,1-2H3,(H,16,17). The first-order valence-corrected chi connectivity index (χ1v) is 9.02. The molecule has 8 heteroatoms. The maximum atomic E-state index is 12.3. The summed E-state index contributed by atoms with van der Waals surface area (Å²) >= 11 is 6.06. The fourth-order valence-electron chi connectivity index (χ4n) is 2.22. The van der Waals surface area contributed by atoms with Gasteiger partial charge in [0.15, 0.2) is 0 Å². The Morgan fingerprint density at radius 3 is 2.57 bits per heavy atom. The van der Waals surface area contributed by atoms with E-state index >= 15 is 0 Å². The molecule has 1 unspecified atom stereocenters. The fraction of sp³-hybridized carbons (Fsp3) is 0.462. The number of amides is 1. The highest BCUT2D eigenvalue weighted by Crippen LogP contribution is 2.33. The number of halogens is 2. The molecule has 5 nitrogen and oxygen atoms in total. The van der Waals surface area contributed by atoms with E-state index in [1.54, 1.807) is 13.8 Å². The molecule has 1 amide bonds. The van der Waals surface area contributed by atoms with Crippen LogP contribution in [0.3, 0.4) is 0 Å². The number of nitrogens with one attached hydrogen (secondary N) is 1. The van der Waals surface area contributed by atoms with Crippen LogP contribution in [0.25, 0.3) is 0 Å². The predicted octanol–water partition coefficient (Wildman–Crippen LogP) is 3.08. The monoisotopic (exact) mass is 351 g/mol. The van der Waals surface area contributed by atoms with E-state index in [0.717, 1.165) is 6.42 Å². The van der Waals surface area contributed by atoms with Crippen molar-refractivity contribution in [1.82, 2.24) is 0 Å². The van der Waals surface area contributed by atoms with Crippen molar-refractivity contribution in [1.29, 1.82) is 0 Å². The Morgan fingerprint density at radius 1 is 1.43 bits per heavy atom. The minimum Gasteiger partial charge on any atom is -0.365 e. The molecule has 0 bridgehead atoms. The molecule has 1 aromatic rings. The van der Waals surface area contributed by atoms with E-state index < -0.39 is 14.7 Å². The molecule has 1 fully saturated rings. The van der Waals surface area contributed by atoms with Crippen LogP contribution < -0.4 is 5.32 Å². The minimum atomic E-state index is -3.87. The molecule has 1 aromatic carbocycles. The van der Waals surface area contributed by atoms with E-state index in [-0.39, 0.29) is 15.8 Å².